The van der Waals surface area contributed by atoms with Crippen LogP contribution in [0.3, 0.4) is 0 Å². The molecule has 7 nitrogen and oxygen atoms in total. The van der Waals surface area contributed by atoms with Gasteiger partial charge in [0.15, 0.2) is 5.96 Å². The Kier molecular flexibility index (Phi) is 9.34. The van der Waals surface area contributed by atoms with E-state index in [2.05, 4.69) is 20.5 Å². The van der Waals surface area contributed by atoms with Crippen molar-refractivity contribution in [1.82, 2.24) is 20.4 Å². The monoisotopic (exact) mass is 381 g/mol. The number of ether oxygens (including phenoxy) is 1. The van der Waals surface area contributed by atoms with E-state index in [0.29, 0.717) is 19.1 Å². The topological polar surface area (TPSA) is 69.2 Å². The van der Waals surface area contributed by atoms with E-state index >= 15 is 0 Å². The van der Waals surface area contributed by atoms with Gasteiger partial charge in [0, 0.05) is 39.8 Å². The summed E-state index contributed by atoms with van der Waals surface area (Å²) in [5, 5.41) is 6.85. The van der Waals surface area contributed by atoms with Crippen LogP contribution in [0.15, 0.2) is 4.99 Å². The molecule has 1 saturated carbocycles. The minimum atomic E-state index is 0.00579. The van der Waals surface area contributed by atoms with Crippen LogP contribution in [-0.2, 0) is 9.53 Å². The van der Waals surface area contributed by atoms with E-state index in [1.54, 1.807) is 26.1 Å². The lowest BCUT2D eigenvalue weighted by Gasteiger charge is -2.48. The molecule has 2 fully saturated rings. The number of carbonyl (C=O) groups excluding carboxylic acids is 1. The average molecular weight is 382 g/mol. The van der Waals surface area contributed by atoms with Crippen molar-refractivity contribution in [1.29, 1.82) is 0 Å². The normalized spacial score (nSPS) is 20.9. The van der Waals surface area contributed by atoms with Crippen molar-refractivity contribution in [3.8, 4) is 0 Å². The highest BCUT2D eigenvalue weighted by atomic mass is 16.5. The summed E-state index contributed by atoms with van der Waals surface area (Å²) in [6.45, 7) is 4.76. The number of nitrogens with one attached hydrogen (secondary N) is 2. The second kappa shape index (κ2) is 11.5. The minimum absolute atomic E-state index is 0.00579. The van der Waals surface area contributed by atoms with E-state index in [1.165, 1.54) is 64.5 Å². The average Bonchev–Trinajstić information content (AvgIpc) is 2.70. The van der Waals surface area contributed by atoms with Gasteiger partial charge in [-0.15, -0.1) is 0 Å². The Labute approximate surface area is 164 Å². The van der Waals surface area contributed by atoms with Crippen LogP contribution in [0.2, 0.25) is 0 Å². The maximum absolute atomic E-state index is 11.9. The second-order valence-electron chi connectivity index (χ2n) is 8.06. The Hall–Kier alpha value is -1.34. The lowest BCUT2D eigenvalue weighted by molar-refractivity contribution is -0.127. The molecule has 2 N–H and O–H groups in total. The molecule has 7 heteroatoms. The molecule has 156 valence electrons. The Morgan fingerprint density at radius 3 is 2.37 bits per heavy atom. The van der Waals surface area contributed by atoms with Gasteiger partial charge in [0.25, 0.3) is 0 Å². The summed E-state index contributed by atoms with van der Waals surface area (Å²) in [5.41, 5.74) is 0.230. The molecule has 2 aliphatic rings. The number of aliphatic imine (C=N–C) groups is 1. The molecule has 0 spiro atoms. The zero-order chi connectivity index (χ0) is 19.5. The van der Waals surface area contributed by atoms with Gasteiger partial charge < -0.3 is 20.3 Å². The Morgan fingerprint density at radius 2 is 1.74 bits per heavy atom. The molecule has 0 radical (unpaired) electrons. The minimum Gasteiger partial charge on any atom is -0.383 e. The molecule has 1 aliphatic heterocycles. The van der Waals surface area contributed by atoms with Gasteiger partial charge in [-0.3, -0.25) is 9.69 Å². The highest BCUT2D eigenvalue weighted by molar-refractivity contribution is 5.84. The fraction of sp³-hybridized carbons (Fsp3) is 0.900. The van der Waals surface area contributed by atoms with E-state index in [-0.39, 0.29) is 18.0 Å². The van der Waals surface area contributed by atoms with Gasteiger partial charge in [0.2, 0.25) is 5.91 Å². The van der Waals surface area contributed by atoms with Gasteiger partial charge in [-0.2, -0.15) is 0 Å². The third-order valence-electron chi connectivity index (χ3n) is 5.87. The van der Waals surface area contributed by atoms with Crippen LogP contribution in [-0.4, -0.2) is 87.7 Å². The van der Waals surface area contributed by atoms with Crippen molar-refractivity contribution in [2.24, 2.45) is 4.99 Å². The maximum Gasteiger partial charge on any atom is 0.243 e. The first kappa shape index (κ1) is 22.0. The van der Waals surface area contributed by atoms with Crippen molar-refractivity contribution in [2.45, 2.75) is 56.9 Å². The number of hydrogen-bond acceptors (Lipinski definition) is 4. The van der Waals surface area contributed by atoms with Crippen LogP contribution < -0.4 is 10.6 Å². The lowest BCUT2D eigenvalue weighted by Crippen LogP contribution is -2.59. The predicted molar refractivity (Wildman–Crippen MR) is 110 cm³/mol. The van der Waals surface area contributed by atoms with Crippen LogP contribution in [0.4, 0.5) is 0 Å². The van der Waals surface area contributed by atoms with Gasteiger partial charge in [0.05, 0.1) is 6.61 Å². The molecular formula is C20H39N5O2. The molecule has 1 saturated heterocycles. The van der Waals surface area contributed by atoms with E-state index in [4.69, 9.17) is 4.74 Å². The summed E-state index contributed by atoms with van der Waals surface area (Å²) in [5.74, 6) is 0.718. The number of amides is 1. The summed E-state index contributed by atoms with van der Waals surface area (Å²) >= 11 is 0. The first-order chi connectivity index (χ1) is 13.1. The smallest absolute Gasteiger partial charge is 0.243 e. The summed E-state index contributed by atoms with van der Waals surface area (Å²) in [7, 11) is 5.21. The van der Waals surface area contributed by atoms with Gasteiger partial charge in [-0.1, -0.05) is 25.7 Å². The SMILES string of the molecule is COCCNC(=NCC(=O)N(C)C)NCC1(N2CCCCC2)CCCCC1. The number of methoxy groups -OCH3 is 1. The third kappa shape index (κ3) is 6.96. The molecule has 2 rings (SSSR count). The number of guanidine groups is 1. The highest BCUT2D eigenvalue weighted by Crippen LogP contribution is 2.35. The van der Waals surface area contributed by atoms with Crippen molar-refractivity contribution in [2.75, 3.05) is 60.5 Å². The fourth-order valence-corrected chi connectivity index (χ4v) is 4.17. The number of likely N-dealkylation sites (N-methyl/N-ethyl adjacent to an activating group) is 1. The predicted octanol–water partition coefficient (Wildman–Crippen LogP) is 1.45. The molecule has 0 unspecified atom stereocenters. The standard InChI is InChI=1S/C20H39N5O2/c1-24(2)18(26)16-22-19(21-12-15-27-3)23-17-20(10-6-4-7-11-20)25-13-8-5-9-14-25/h4-17H2,1-3H3,(H2,21,22,23). The molecule has 0 atom stereocenters. The first-order valence-electron chi connectivity index (χ1n) is 10.5. The summed E-state index contributed by atoms with van der Waals surface area (Å²) in [6.07, 6.45) is 10.4. The summed E-state index contributed by atoms with van der Waals surface area (Å²) in [4.78, 5) is 20.7. The van der Waals surface area contributed by atoms with Gasteiger partial charge in [-0.25, -0.2) is 4.99 Å². The van der Waals surface area contributed by atoms with Gasteiger partial charge >= 0.3 is 0 Å². The van der Waals surface area contributed by atoms with Crippen LogP contribution in [0.25, 0.3) is 0 Å². The number of piperidine rings is 1. The number of carbonyl (C=O) groups is 1. The summed E-state index contributed by atoms with van der Waals surface area (Å²) in [6, 6.07) is 0. The largest absolute Gasteiger partial charge is 0.383 e. The zero-order valence-electron chi connectivity index (χ0n) is 17.6. The molecule has 27 heavy (non-hydrogen) atoms. The van der Waals surface area contributed by atoms with E-state index in [1.807, 2.05) is 0 Å². The van der Waals surface area contributed by atoms with Gasteiger partial charge in [-0.05, 0) is 38.8 Å². The highest BCUT2D eigenvalue weighted by Gasteiger charge is 2.38. The molecule has 0 aromatic carbocycles. The lowest BCUT2D eigenvalue weighted by atomic mass is 9.79. The number of rotatable bonds is 8. The van der Waals surface area contributed by atoms with Crippen molar-refractivity contribution < 1.29 is 9.53 Å². The van der Waals surface area contributed by atoms with E-state index < -0.39 is 0 Å². The number of nitrogens with zero attached hydrogens (tertiary/aromatic N) is 3. The molecule has 0 bridgehead atoms. The molecule has 1 heterocycles. The van der Waals surface area contributed by atoms with Crippen LogP contribution in [0, 0.1) is 0 Å². The summed E-state index contributed by atoms with van der Waals surface area (Å²) < 4.78 is 5.14. The van der Waals surface area contributed by atoms with Crippen molar-refractivity contribution in [3.63, 3.8) is 0 Å². The van der Waals surface area contributed by atoms with Crippen LogP contribution in [0.5, 0.6) is 0 Å². The van der Waals surface area contributed by atoms with E-state index in [9.17, 15) is 4.79 Å². The van der Waals surface area contributed by atoms with Gasteiger partial charge in [0.1, 0.15) is 6.54 Å². The fourth-order valence-electron chi connectivity index (χ4n) is 4.17. The maximum atomic E-state index is 11.9. The van der Waals surface area contributed by atoms with Crippen molar-refractivity contribution in [3.05, 3.63) is 0 Å². The second-order valence-corrected chi connectivity index (χ2v) is 8.06. The molecule has 1 aliphatic carbocycles. The molecule has 1 amide bonds. The van der Waals surface area contributed by atoms with Crippen molar-refractivity contribution >= 4 is 11.9 Å². The number of hydrogen-bond donors (Lipinski definition) is 2. The third-order valence-corrected chi connectivity index (χ3v) is 5.87. The molecule has 0 aromatic heterocycles. The van der Waals surface area contributed by atoms with E-state index in [0.717, 1.165) is 6.54 Å². The quantitative estimate of drug-likeness (QED) is 0.378. The Morgan fingerprint density at radius 1 is 1.07 bits per heavy atom. The molecular weight excluding hydrogens is 342 g/mol. The van der Waals surface area contributed by atoms with Crippen LogP contribution in [0.1, 0.15) is 51.4 Å². The molecule has 0 aromatic rings. The Bertz CT molecular complexity index is 469. The first-order valence-corrected chi connectivity index (χ1v) is 10.5. The zero-order valence-corrected chi connectivity index (χ0v) is 17.6. The Balaban J connectivity index is 2.01. The number of likely N-dealkylation sites (tertiary alicyclic amines) is 1. The van der Waals surface area contributed by atoms with Crippen LogP contribution >= 0.6 is 0 Å².